The Hall–Kier alpha value is -2.34. The number of fused-ring (bicyclic) bond motifs is 1. The summed E-state index contributed by atoms with van der Waals surface area (Å²) >= 11 is 0. The molecule has 4 rings (SSSR count). The molecular formula is C21H27N3O3. The largest absolute Gasteiger partial charge is 0.485 e. The van der Waals surface area contributed by atoms with Gasteiger partial charge in [0.1, 0.15) is 17.2 Å². The first-order chi connectivity index (χ1) is 13.1. The molecule has 1 atom stereocenters. The molecule has 1 aromatic carbocycles. The van der Waals surface area contributed by atoms with Gasteiger partial charge >= 0.3 is 0 Å². The number of ether oxygens (including phenoxy) is 2. The van der Waals surface area contributed by atoms with Crippen LogP contribution in [0.2, 0.25) is 0 Å². The number of hydrogen-bond acceptors (Lipinski definition) is 4. The highest BCUT2D eigenvalue weighted by atomic mass is 16.5. The number of aryl methyl sites for hydroxylation is 1. The Kier molecular flexibility index (Phi) is 4.91. The van der Waals surface area contributed by atoms with Crippen molar-refractivity contribution in [3.63, 3.8) is 0 Å². The quantitative estimate of drug-likeness (QED) is 0.835. The molecule has 6 nitrogen and oxygen atoms in total. The van der Waals surface area contributed by atoms with Crippen molar-refractivity contribution in [1.29, 1.82) is 0 Å². The lowest BCUT2D eigenvalue weighted by Crippen LogP contribution is -2.51. The predicted octanol–water partition coefficient (Wildman–Crippen LogP) is 2.80. The van der Waals surface area contributed by atoms with E-state index in [1.54, 1.807) is 6.20 Å². The fraction of sp³-hybridized carbons (Fsp3) is 0.524. The number of para-hydroxylation sites is 1. The van der Waals surface area contributed by atoms with E-state index in [9.17, 15) is 4.79 Å². The number of amides is 1. The summed E-state index contributed by atoms with van der Waals surface area (Å²) in [6.07, 6.45) is 5.32. The summed E-state index contributed by atoms with van der Waals surface area (Å²) in [7, 11) is 0. The second-order valence-electron chi connectivity index (χ2n) is 7.73. The van der Waals surface area contributed by atoms with Crippen LogP contribution >= 0.6 is 0 Å². The standard InChI is InChI=1S/C21H27N3O3/c1-16(13-23-10-9-22-17(23)2)20(25)24-14-18-5-3-4-6-19(18)27-21(15-24)7-11-26-12-8-21/h3-6,9-10,16H,7-8,11-15H2,1-2H3/t16-/m1/s1. The van der Waals surface area contributed by atoms with Gasteiger partial charge in [-0.05, 0) is 13.0 Å². The van der Waals surface area contributed by atoms with Crippen molar-refractivity contribution >= 4 is 5.91 Å². The summed E-state index contributed by atoms with van der Waals surface area (Å²) < 4.78 is 14.1. The van der Waals surface area contributed by atoms with Crippen LogP contribution < -0.4 is 4.74 Å². The topological polar surface area (TPSA) is 56.6 Å². The van der Waals surface area contributed by atoms with Gasteiger partial charge in [-0.1, -0.05) is 25.1 Å². The third-order valence-electron chi connectivity index (χ3n) is 5.67. The zero-order valence-corrected chi connectivity index (χ0v) is 16.1. The third kappa shape index (κ3) is 3.72. The Morgan fingerprint density at radius 3 is 2.81 bits per heavy atom. The number of benzene rings is 1. The molecule has 1 fully saturated rings. The Balaban J connectivity index is 1.58. The Morgan fingerprint density at radius 2 is 2.07 bits per heavy atom. The van der Waals surface area contributed by atoms with Crippen molar-refractivity contribution in [2.75, 3.05) is 19.8 Å². The summed E-state index contributed by atoms with van der Waals surface area (Å²) in [5.41, 5.74) is 0.714. The third-order valence-corrected chi connectivity index (χ3v) is 5.67. The van der Waals surface area contributed by atoms with E-state index in [4.69, 9.17) is 9.47 Å². The number of hydrogen-bond donors (Lipinski definition) is 0. The van der Waals surface area contributed by atoms with Crippen molar-refractivity contribution in [3.8, 4) is 5.75 Å². The van der Waals surface area contributed by atoms with Crippen LogP contribution in [0.5, 0.6) is 5.75 Å². The van der Waals surface area contributed by atoms with E-state index >= 15 is 0 Å². The van der Waals surface area contributed by atoms with Crippen LogP contribution in [0.4, 0.5) is 0 Å². The molecule has 0 radical (unpaired) electrons. The second kappa shape index (κ2) is 7.35. The van der Waals surface area contributed by atoms with E-state index in [1.165, 1.54) is 0 Å². The minimum atomic E-state index is -0.356. The molecule has 3 heterocycles. The zero-order valence-electron chi connectivity index (χ0n) is 16.1. The lowest BCUT2D eigenvalue weighted by atomic mass is 9.93. The van der Waals surface area contributed by atoms with Crippen molar-refractivity contribution in [2.45, 2.75) is 45.4 Å². The van der Waals surface area contributed by atoms with E-state index in [1.807, 2.05) is 47.7 Å². The van der Waals surface area contributed by atoms with Crippen molar-refractivity contribution < 1.29 is 14.3 Å². The molecule has 1 spiro atoms. The summed E-state index contributed by atoms with van der Waals surface area (Å²) in [5, 5.41) is 0. The minimum absolute atomic E-state index is 0.125. The Labute approximate surface area is 160 Å². The molecule has 144 valence electrons. The normalized spacial score (nSPS) is 19.9. The maximum absolute atomic E-state index is 13.3. The van der Waals surface area contributed by atoms with E-state index in [-0.39, 0.29) is 17.4 Å². The lowest BCUT2D eigenvalue weighted by molar-refractivity contribution is -0.140. The van der Waals surface area contributed by atoms with Gasteiger partial charge in [0.25, 0.3) is 0 Å². The second-order valence-corrected chi connectivity index (χ2v) is 7.73. The number of rotatable bonds is 3. The number of nitrogens with zero attached hydrogens (tertiary/aromatic N) is 3. The van der Waals surface area contributed by atoms with Gasteiger partial charge in [0.2, 0.25) is 5.91 Å². The first-order valence-corrected chi connectivity index (χ1v) is 9.67. The molecule has 6 heteroatoms. The van der Waals surface area contributed by atoms with Crippen LogP contribution in [0.25, 0.3) is 0 Å². The van der Waals surface area contributed by atoms with Crippen LogP contribution in [0.3, 0.4) is 0 Å². The van der Waals surface area contributed by atoms with Crippen LogP contribution in [0.15, 0.2) is 36.7 Å². The van der Waals surface area contributed by atoms with E-state index in [0.717, 1.165) is 30.0 Å². The SMILES string of the molecule is Cc1nccn1C[C@@H](C)C(=O)N1Cc2ccccc2OC2(CCOCC2)C1. The van der Waals surface area contributed by atoms with Gasteiger partial charge in [-0.3, -0.25) is 4.79 Å². The van der Waals surface area contributed by atoms with E-state index < -0.39 is 0 Å². The fourth-order valence-electron chi connectivity index (χ4n) is 4.05. The maximum Gasteiger partial charge on any atom is 0.227 e. The monoisotopic (exact) mass is 369 g/mol. The van der Waals surface area contributed by atoms with Crippen LogP contribution in [-0.4, -0.2) is 45.7 Å². The van der Waals surface area contributed by atoms with Crippen LogP contribution in [0.1, 0.15) is 31.2 Å². The molecule has 2 aromatic rings. The fourth-order valence-corrected chi connectivity index (χ4v) is 4.05. The van der Waals surface area contributed by atoms with Gasteiger partial charge < -0.3 is 18.9 Å². The van der Waals surface area contributed by atoms with Gasteiger partial charge in [-0.15, -0.1) is 0 Å². The van der Waals surface area contributed by atoms with Crippen LogP contribution in [-0.2, 0) is 22.6 Å². The highest BCUT2D eigenvalue weighted by Crippen LogP contribution is 2.35. The predicted molar refractivity (Wildman–Crippen MR) is 101 cm³/mol. The first-order valence-electron chi connectivity index (χ1n) is 9.67. The molecule has 1 aromatic heterocycles. The van der Waals surface area contributed by atoms with Crippen molar-refractivity contribution in [3.05, 3.63) is 48.0 Å². The number of carbonyl (C=O) groups is 1. The highest BCUT2D eigenvalue weighted by Gasteiger charge is 2.41. The van der Waals surface area contributed by atoms with Crippen molar-refractivity contribution in [2.24, 2.45) is 5.92 Å². The van der Waals surface area contributed by atoms with Gasteiger partial charge in [-0.25, -0.2) is 4.98 Å². The number of carbonyl (C=O) groups excluding carboxylic acids is 1. The van der Waals surface area contributed by atoms with Gasteiger partial charge in [-0.2, -0.15) is 0 Å². The van der Waals surface area contributed by atoms with Gasteiger partial charge in [0.05, 0.1) is 25.7 Å². The van der Waals surface area contributed by atoms with E-state index in [2.05, 4.69) is 11.1 Å². The Morgan fingerprint density at radius 1 is 1.30 bits per heavy atom. The van der Waals surface area contributed by atoms with Gasteiger partial charge in [0.15, 0.2) is 0 Å². The molecule has 0 bridgehead atoms. The van der Waals surface area contributed by atoms with E-state index in [0.29, 0.717) is 32.8 Å². The summed E-state index contributed by atoms with van der Waals surface area (Å²) in [6.45, 7) is 7.14. The number of aromatic nitrogens is 2. The molecule has 0 N–H and O–H groups in total. The average Bonchev–Trinajstić information content (AvgIpc) is 2.99. The van der Waals surface area contributed by atoms with Gasteiger partial charge in [0, 0.05) is 43.9 Å². The lowest BCUT2D eigenvalue weighted by Gasteiger charge is -2.39. The summed E-state index contributed by atoms with van der Waals surface area (Å²) in [6, 6.07) is 8.07. The van der Waals surface area contributed by atoms with Crippen LogP contribution in [0, 0.1) is 12.8 Å². The molecule has 2 aliphatic rings. The highest BCUT2D eigenvalue weighted by molar-refractivity contribution is 5.78. The summed E-state index contributed by atoms with van der Waals surface area (Å²) in [4.78, 5) is 19.6. The molecule has 0 unspecified atom stereocenters. The minimum Gasteiger partial charge on any atom is -0.485 e. The molecule has 0 saturated carbocycles. The molecule has 0 aliphatic carbocycles. The zero-order chi connectivity index (χ0) is 18.9. The molecule has 27 heavy (non-hydrogen) atoms. The smallest absolute Gasteiger partial charge is 0.227 e. The first kappa shape index (κ1) is 18.0. The number of imidazole rings is 1. The molecule has 1 amide bonds. The molecule has 2 aliphatic heterocycles. The van der Waals surface area contributed by atoms with Crippen molar-refractivity contribution in [1.82, 2.24) is 14.5 Å². The average molecular weight is 369 g/mol. The maximum atomic E-state index is 13.3. The molecule has 1 saturated heterocycles. The summed E-state index contributed by atoms with van der Waals surface area (Å²) in [5.74, 6) is 1.86. The Bertz CT molecular complexity index is 811. The molecular weight excluding hydrogens is 342 g/mol.